The number of benzene rings is 9. The van der Waals surface area contributed by atoms with Gasteiger partial charge in [-0.15, -0.1) is 0 Å². The maximum absolute atomic E-state index is 5.05. The Hall–Kier alpha value is -8.97. The van der Waals surface area contributed by atoms with Gasteiger partial charge >= 0.3 is 0 Å². The first-order chi connectivity index (χ1) is 35.2. The number of hydrogen-bond acceptors (Lipinski definition) is 3. The van der Waals surface area contributed by atoms with E-state index in [1.54, 1.807) is 0 Å². The van der Waals surface area contributed by atoms with Gasteiger partial charge in [-0.1, -0.05) is 133 Å². The molecule has 6 heteroatoms. The second-order valence-electron chi connectivity index (χ2n) is 18.9. The van der Waals surface area contributed by atoms with E-state index in [0.717, 1.165) is 28.5 Å². The van der Waals surface area contributed by atoms with Crippen LogP contribution in [0.1, 0.15) is 22.3 Å². The minimum Gasteiger partial charge on any atom is -0.309 e. The summed E-state index contributed by atoms with van der Waals surface area (Å²) < 4.78 is 7.23. The van der Waals surface area contributed by atoms with E-state index in [1.165, 1.54) is 109 Å². The van der Waals surface area contributed by atoms with Gasteiger partial charge in [-0.05, 0) is 137 Å². The second kappa shape index (κ2) is 14.5. The summed E-state index contributed by atoms with van der Waals surface area (Å²) in [6.07, 6.45) is 3.81. The molecule has 6 heterocycles. The zero-order valence-corrected chi connectivity index (χ0v) is 39.0. The second-order valence-corrected chi connectivity index (χ2v) is 20.0. The molecule has 0 saturated heterocycles. The van der Waals surface area contributed by atoms with Crippen molar-refractivity contribution in [2.45, 2.75) is 15.2 Å². The first kappa shape index (κ1) is 38.9. The Morgan fingerprint density at radius 2 is 0.718 bits per heavy atom. The van der Waals surface area contributed by atoms with E-state index < -0.39 is 5.41 Å². The fraction of sp³-hybridized carbons (Fsp3) is 0.0154. The molecule has 0 radical (unpaired) electrons. The van der Waals surface area contributed by atoms with Gasteiger partial charge in [-0.25, -0.2) is 0 Å². The Bertz CT molecular complexity index is 4420. The molecule has 9 aromatic carbocycles. The number of pyridine rings is 2. The van der Waals surface area contributed by atoms with Crippen molar-refractivity contribution < 1.29 is 0 Å². The summed E-state index contributed by atoms with van der Waals surface area (Å²) in [6, 6.07) is 82.7. The first-order valence-electron chi connectivity index (χ1n) is 24.2. The highest BCUT2D eigenvalue weighted by Gasteiger charge is 2.51. The summed E-state index contributed by atoms with van der Waals surface area (Å²) in [5.74, 6) is 0. The Morgan fingerprint density at radius 3 is 1.24 bits per heavy atom. The number of para-hydroxylation sites is 5. The van der Waals surface area contributed by atoms with Gasteiger partial charge in [0.25, 0.3) is 0 Å². The Kier molecular flexibility index (Phi) is 7.97. The van der Waals surface area contributed by atoms with Crippen molar-refractivity contribution >= 4 is 77.2 Å². The van der Waals surface area contributed by atoms with E-state index in [1.807, 2.05) is 24.2 Å². The number of fused-ring (bicyclic) bond motifs is 18. The zero-order chi connectivity index (χ0) is 46.4. The van der Waals surface area contributed by atoms with Gasteiger partial charge < -0.3 is 13.7 Å². The van der Waals surface area contributed by atoms with E-state index >= 15 is 0 Å². The van der Waals surface area contributed by atoms with Gasteiger partial charge in [-0.2, -0.15) is 0 Å². The maximum Gasteiger partial charge on any atom is 0.0937 e. The number of aromatic nitrogens is 5. The molecule has 0 fully saturated rings. The highest BCUT2D eigenvalue weighted by Crippen LogP contribution is 2.62. The molecule has 0 unspecified atom stereocenters. The number of hydrogen-bond donors (Lipinski definition) is 0. The maximum atomic E-state index is 5.05. The summed E-state index contributed by atoms with van der Waals surface area (Å²) in [6.45, 7) is 0. The van der Waals surface area contributed by atoms with Gasteiger partial charge in [-0.3, -0.25) is 9.97 Å². The van der Waals surface area contributed by atoms with E-state index in [0.29, 0.717) is 0 Å². The lowest BCUT2D eigenvalue weighted by atomic mass is 9.67. The minimum atomic E-state index is -0.634. The lowest BCUT2D eigenvalue weighted by Crippen LogP contribution is -2.32. The van der Waals surface area contributed by atoms with Gasteiger partial charge in [0.05, 0.1) is 49.9 Å². The summed E-state index contributed by atoms with van der Waals surface area (Å²) in [5.41, 5.74) is 19.0. The van der Waals surface area contributed by atoms with E-state index in [9.17, 15) is 0 Å². The van der Waals surface area contributed by atoms with E-state index in [2.05, 4.69) is 238 Å². The molecule has 330 valence electrons. The van der Waals surface area contributed by atoms with Crippen LogP contribution in [0.4, 0.5) is 0 Å². The molecule has 0 amide bonds. The van der Waals surface area contributed by atoms with E-state index in [4.69, 9.17) is 9.97 Å². The van der Waals surface area contributed by atoms with Crippen LogP contribution in [0.15, 0.2) is 247 Å². The molecule has 0 saturated carbocycles. The standard InChI is InChI=1S/C65H39N5S/c1-6-20-55-45(13-1)46-14-2-7-21-56(46)68(55)42-27-29-43(30-28-42)69-59-24-10-5-17-49(59)50-37-40(26-33-60(50)69)41-25-32-51-62(38-41)71-61-34-31-44(70-57-22-8-3-15-47(57)48-16-4-9-23-58(48)70)39-54(61)65(51)52-18-11-35-66-63(52)64-53(65)19-12-36-67-64/h1-39H. The molecule has 14 aromatic rings. The summed E-state index contributed by atoms with van der Waals surface area (Å²) in [4.78, 5) is 12.6. The zero-order valence-electron chi connectivity index (χ0n) is 38.2. The lowest BCUT2D eigenvalue weighted by molar-refractivity contribution is 0.718. The third kappa shape index (κ3) is 5.26. The van der Waals surface area contributed by atoms with Gasteiger partial charge in [0, 0.05) is 71.6 Å². The molecule has 0 bridgehead atoms. The van der Waals surface area contributed by atoms with Crippen molar-refractivity contribution in [3.63, 3.8) is 0 Å². The predicted molar refractivity (Wildman–Crippen MR) is 292 cm³/mol. The summed E-state index contributed by atoms with van der Waals surface area (Å²) >= 11 is 1.87. The third-order valence-corrected chi connectivity index (χ3v) is 16.5. The monoisotopic (exact) mass is 921 g/mol. The average molecular weight is 922 g/mol. The molecular weight excluding hydrogens is 883 g/mol. The van der Waals surface area contributed by atoms with Crippen LogP contribution in [0.3, 0.4) is 0 Å². The van der Waals surface area contributed by atoms with Crippen molar-refractivity contribution in [2.75, 3.05) is 0 Å². The minimum absolute atomic E-state index is 0.634. The number of rotatable bonds is 4. The van der Waals surface area contributed by atoms with Crippen LogP contribution in [-0.4, -0.2) is 23.7 Å². The van der Waals surface area contributed by atoms with Crippen molar-refractivity contribution in [2.24, 2.45) is 0 Å². The Balaban J connectivity index is 0.847. The summed E-state index contributed by atoms with van der Waals surface area (Å²) in [7, 11) is 0. The van der Waals surface area contributed by atoms with Crippen LogP contribution in [-0.2, 0) is 5.41 Å². The quantitative estimate of drug-likeness (QED) is 0.177. The van der Waals surface area contributed by atoms with Crippen molar-refractivity contribution in [1.29, 1.82) is 0 Å². The third-order valence-electron chi connectivity index (χ3n) is 15.4. The summed E-state index contributed by atoms with van der Waals surface area (Å²) in [5, 5.41) is 7.49. The van der Waals surface area contributed by atoms with Crippen LogP contribution in [0, 0.1) is 0 Å². The van der Waals surface area contributed by atoms with Crippen LogP contribution in [0.5, 0.6) is 0 Å². The molecule has 0 N–H and O–H groups in total. The lowest BCUT2D eigenvalue weighted by Gasteiger charge is -2.39. The number of nitrogens with zero attached hydrogens (tertiary/aromatic N) is 5. The van der Waals surface area contributed by atoms with Gasteiger partial charge in [0.1, 0.15) is 0 Å². The van der Waals surface area contributed by atoms with Crippen LogP contribution in [0.2, 0.25) is 0 Å². The first-order valence-corrected chi connectivity index (χ1v) is 25.0. The highest BCUT2D eigenvalue weighted by atomic mass is 32.2. The van der Waals surface area contributed by atoms with Crippen molar-refractivity contribution in [3.05, 3.63) is 259 Å². The fourth-order valence-electron chi connectivity index (χ4n) is 12.5. The molecule has 71 heavy (non-hydrogen) atoms. The average Bonchev–Trinajstić information content (AvgIpc) is 4.15. The Morgan fingerprint density at radius 1 is 0.296 bits per heavy atom. The van der Waals surface area contributed by atoms with Crippen LogP contribution >= 0.6 is 11.8 Å². The molecule has 1 aliphatic carbocycles. The van der Waals surface area contributed by atoms with Gasteiger partial charge in [0.15, 0.2) is 0 Å². The van der Waals surface area contributed by atoms with Crippen LogP contribution < -0.4 is 0 Å². The fourth-order valence-corrected chi connectivity index (χ4v) is 13.7. The van der Waals surface area contributed by atoms with Crippen molar-refractivity contribution in [3.8, 4) is 39.6 Å². The highest BCUT2D eigenvalue weighted by molar-refractivity contribution is 7.99. The molecule has 5 nitrogen and oxygen atoms in total. The van der Waals surface area contributed by atoms with E-state index in [-0.39, 0.29) is 0 Å². The molecule has 0 atom stereocenters. The van der Waals surface area contributed by atoms with Gasteiger partial charge in [0.2, 0.25) is 0 Å². The normalized spacial score (nSPS) is 13.4. The topological polar surface area (TPSA) is 40.6 Å². The molecule has 5 aromatic heterocycles. The predicted octanol–water partition coefficient (Wildman–Crippen LogP) is 16.3. The molecule has 2 aliphatic rings. The smallest absolute Gasteiger partial charge is 0.0937 e. The Labute approximate surface area is 412 Å². The van der Waals surface area contributed by atoms with Crippen molar-refractivity contribution in [1.82, 2.24) is 23.7 Å². The van der Waals surface area contributed by atoms with Crippen LogP contribution in [0.25, 0.3) is 105 Å². The SMILES string of the molecule is c1cnc2c(c1)C1(c3ccc(-c4ccc5c(c4)c4ccccc4n5-c4ccc(-n5c6ccccc6c6ccccc65)cc4)cc3Sc3ccc(-n4c5ccccc5c5ccccc54)cc31)c1cccnc1-2. The molecular formula is C65H39N5S. The molecule has 16 rings (SSSR count). The molecule has 1 aliphatic heterocycles. The largest absolute Gasteiger partial charge is 0.309 e. The molecule has 1 spiro atoms.